The van der Waals surface area contributed by atoms with Crippen LogP contribution in [-0.4, -0.2) is 23.1 Å². The van der Waals surface area contributed by atoms with E-state index in [9.17, 15) is 4.79 Å². The van der Waals surface area contributed by atoms with Crippen LogP contribution in [0, 0.1) is 0 Å². The lowest BCUT2D eigenvalue weighted by Crippen LogP contribution is -2.30. The van der Waals surface area contributed by atoms with Crippen LogP contribution in [0.4, 0.5) is 0 Å². The average molecular weight is 289 g/mol. The van der Waals surface area contributed by atoms with Crippen LogP contribution < -0.4 is 0 Å². The van der Waals surface area contributed by atoms with Crippen LogP contribution in [0.2, 0.25) is 0 Å². The fourth-order valence-corrected chi connectivity index (χ4v) is 4.19. The number of rotatable bonds is 4. The van der Waals surface area contributed by atoms with Gasteiger partial charge >= 0.3 is 0 Å². The SMILES string of the molecule is O=C1CSC(c2ccccc2)N1CCc1cccs1. The van der Waals surface area contributed by atoms with Crippen LogP contribution >= 0.6 is 23.1 Å². The minimum absolute atomic E-state index is 0.189. The molecule has 2 heterocycles. The molecule has 19 heavy (non-hydrogen) atoms. The molecule has 0 radical (unpaired) electrons. The first-order valence-corrected chi connectivity index (χ1v) is 8.26. The van der Waals surface area contributed by atoms with Gasteiger partial charge in [0.05, 0.1) is 5.75 Å². The summed E-state index contributed by atoms with van der Waals surface area (Å²) in [5, 5.41) is 2.28. The molecule has 2 nitrogen and oxygen atoms in total. The van der Waals surface area contributed by atoms with E-state index < -0.39 is 0 Å². The van der Waals surface area contributed by atoms with Crippen molar-refractivity contribution in [1.82, 2.24) is 4.90 Å². The van der Waals surface area contributed by atoms with E-state index >= 15 is 0 Å². The highest BCUT2D eigenvalue weighted by Gasteiger charge is 2.32. The lowest BCUT2D eigenvalue weighted by molar-refractivity contribution is -0.128. The highest BCUT2D eigenvalue weighted by atomic mass is 32.2. The average Bonchev–Trinajstić information content (AvgIpc) is 3.07. The molecule has 4 heteroatoms. The summed E-state index contributed by atoms with van der Waals surface area (Å²) in [6.07, 6.45) is 0.952. The molecule has 1 fully saturated rings. The van der Waals surface area contributed by atoms with Crippen molar-refractivity contribution in [2.24, 2.45) is 0 Å². The number of thioether (sulfide) groups is 1. The lowest BCUT2D eigenvalue weighted by atomic mass is 10.2. The van der Waals surface area contributed by atoms with Gasteiger partial charge in [0.2, 0.25) is 5.91 Å². The van der Waals surface area contributed by atoms with Gasteiger partial charge in [0.1, 0.15) is 5.37 Å². The van der Waals surface area contributed by atoms with Gasteiger partial charge < -0.3 is 4.90 Å². The molecule has 0 aliphatic carbocycles. The van der Waals surface area contributed by atoms with Crippen LogP contribution in [0.5, 0.6) is 0 Å². The van der Waals surface area contributed by atoms with Crippen molar-refractivity contribution in [2.45, 2.75) is 11.8 Å². The molecule has 0 N–H and O–H groups in total. The third kappa shape index (κ3) is 2.85. The molecule has 1 aliphatic rings. The molecule has 0 bridgehead atoms. The van der Waals surface area contributed by atoms with Gasteiger partial charge in [-0.05, 0) is 23.4 Å². The molecule has 1 atom stereocenters. The number of benzene rings is 1. The maximum Gasteiger partial charge on any atom is 0.233 e. The molecule has 1 aromatic heterocycles. The van der Waals surface area contributed by atoms with Gasteiger partial charge in [-0.25, -0.2) is 0 Å². The third-order valence-electron chi connectivity index (χ3n) is 3.23. The minimum Gasteiger partial charge on any atom is -0.325 e. The Labute approximate surface area is 121 Å². The Morgan fingerprint density at radius 3 is 2.74 bits per heavy atom. The maximum atomic E-state index is 12.0. The third-order valence-corrected chi connectivity index (χ3v) is 5.42. The second-order valence-corrected chi connectivity index (χ2v) is 6.59. The lowest BCUT2D eigenvalue weighted by Gasteiger charge is -2.24. The standard InChI is InChI=1S/C15H15NOS2/c17-14-11-19-15(12-5-2-1-3-6-12)16(14)9-8-13-7-4-10-18-13/h1-7,10,15H,8-9,11H2. The molecule has 98 valence electrons. The van der Waals surface area contributed by atoms with Crippen LogP contribution in [-0.2, 0) is 11.2 Å². The first kappa shape index (κ1) is 12.8. The summed E-state index contributed by atoms with van der Waals surface area (Å²) in [6.45, 7) is 0.811. The van der Waals surface area contributed by atoms with Crippen molar-refractivity contribution in [3.8, 4) is 0 Å². The van der Waals surface area contributed by atoms with Crippen molar-refractivity contribution < 1.29 is 4.79 Å². The molecule has 1 aromatic carbocycles. The highest BCUT2D eigenvalue weighted by Crippen LogP contribution is 2.38. The molecule has 0 spiro atoms. The van der Waals surface area contributed by atoms with Gasteiger partial charge in [-0.1, -0.05) is 36.4 Å². The zero-order valence-electron chi connectivity index (χ0n) is 10.5. The Balaban J connectivity index is 1.72. The van der Waals surface area contributed by atoms with Crippen LogP contribution in [0.1, 0.15) is 15.8 Å². The summed E-state index contributed by atoms with van der Waals surface area (Å²) in [5.74, 6) is 0.861. The summed E-state index contributed by atoms with van der Waals surface area (Å²) in [4.78, 5) is 15.4. The van der Waals surface area contributed by atoms with Crippen molar-refractivity contribution in [1.29, 1.82) is 0 Å². The van der Waals surface area contributed by atoms with E-state index in [-0.39, 0.29) is 11.3 Å². The minimum atomic E-state index is 0.189. The summed E-state index contributed by atoms with van der Waals surface area (Å²) in [7, 11) is 0. The van der Waals surface area contributed by atoms with Gasteiger partial charge in [0, 0.05) is 11.4 Å². The number of carbonyl (C=O) groups is 1. The quantitative estimate of drug-likeness (QED) is 0.857. The zero-order chi connectivity index (χ0) is 13.1. The molecule has 3 rings (SSSR count). The van der Waals surface area contributed by atoms with E-state index in [0.717, 1.165) is 13.0 Å². The highest BCUT2D eigenvalue weighted by molar-refractivity contribution is 8.00. The molecular weight excluding hydrogens is 274 g/mol. The van der Waals surface area contributed by atoms with E-state index in [1.54, 1.807) is 23.1 Å². The van der Waals surface area contributed by atoms with E-state index in [4.69, 9.17) is 0 Å². The second kappa shape index (κ2) is 5.80. The molecular formula is C15H15NOS2. The monoisotopic (exact) mass is 289 g/mol. The van der Waals surface area contributed by atoms with Crippen molar-refractivity contribution >= 4 is 29.0 Å². The Hall–Kier alpha value is -1.26. The Kier molecular flexibility index (Phi) is 3.89. The van der Waals surface area contributed by atoms with Crippen molar-refractivity contribution in [2.75, 3.05) is 12.3 Å². The van der Waals surface area contributed by atoms with Gasteiger partial charge in [-0.15, -0.1) is 23.1 Å². The molecule has 0 saturated carbocycles. The second-order valence-electron chi connectivity index (χ2n) is 4.49. The Morgan fingerprint density at radius 2 is 2.00 bits per heavy atom. The molecule has 1 saturated heterocycles. The Bertz CT molecular complexity index is 539. The molecule has 1 unspecified atom stereocenters. The van der Waals surface area contributed by atoms with Gasteiger partial charge in [-0.3, -0.25) is 4.79 Å². The Morgan fingerprint density at radius 1 is 1.16 bits per heavy atom. The van der Waals surface area contributed by atoms with Crippen LogP contribution in [0.25, 0.3) is 0 Å². The number of nitrogens with zero attached hydrogens (tertiary/aromatic N) is 1. The van der Waals surface area contributed by atoms with E-state index in [0.29, 0.717) is 5.75 Å². The summed E-state index contributed by atoms with van der Waals surface area (Å²) in [5.41, 5.74) is 1.23. The van der Waals surface area contributed by atoms with Crippen molar-refractivity contribution in [3.05, 3.63) is 58.3 Å². The number of hydrogen-bond donors (Lipinski definition) is 0. The first-order valence-electron chi connectivity index (χ1n) is 6.33. The van der Waals surface area contributed by atoms with E-state index in [2.05, 4.69) is 29.6 Å². The molecule has 2 aromatic rings. The van der Waals surface area contributed by atoms with E-state index in [1.165, 1.54) is 10.4 Å². The summed E-state index contributed by atoms with van der Waals surface area (Å²) >= 11 is 3.49. The smallest absolute Gasteiger partial charge is 0.233 e. The summed E-state index contributed by atoms with van der Waals surface area (Å²) in [6, 6.07) is 14.5. The fraction of sp³-hybridized carbons (Fsp3) is 0.267. The fourth-order valence-electron chi connectivity index (χ4n) is 2.28. The van der Waals surface area contributed by atoms with Crippen molar-refractivity contribution in [3.63, 3.8) is 0 Å². The van der Waals surface area contributed by atoms with Crippen LogP contribution in [0.3, 0.4) is 0 Å². The maximum absolute atomic E-state index is 12.0. The van der Waals surface area contributed by atoms with Gasteiger partial charge in [0.25, 0.3) is 0 Å². The summed E-state index contributed by atoms with van der Waals surface area (Å²) < 4.78 is 0. The molecule has 1 amide bonds. The predicted octanol–water partition coefficient (Wildman–Crippen LogP) is 3.56. The van der Waals surface area contributed by atoms with Gasteiger partial charge in [0.15, 0.2) is 0 Å². The topological polar surface area (TPSA) is 20.3 Å². The first-order chi connectivity index (χ1) is 9.34. The zero-order valence-corrected chi connectivity index (χ0v) is 12.1. The number of carbonyl (C=O) groups excluding carboxylic acids is 1. The largest absolute Gasteiger partial charge is 0.325 e. The normalized spacial score (nSPS) is 19.1. The number of amides is 1. The predicted molar refractivity (Wildman–Crippen MR) is 81.4 cm³/mol. The number of hydrogen-bond acceptors (Lipinski definition) is 3. The number of thiophene rings is 1. The van der Waals surface area contributed by atoms with Gasteiger partial charge in [-0.2, -0.15) is 0 Å². The molecule has 1 aliphatic heterocycles. The van der Waals surface area contributed by atoms with E-state index in [1.807, 2.05) is 23.1 Å². The van der Waals surface area contributed by atoms with Crippen LogP contribution in [0.15, 0.2) is 47.8 Å².